The number of carbonyl (C=O) groups excluding carboxylic acids is 2. The summed E-state index contributed by atoms with van der Waals surface area (Å²) in [5.74, 6) is 0.944. The van der Waals surface area contributed by atoms with Gasteiger partial charge in [-0.25, -0.2) is 0 Å². The Morgan fingerprint density at radius 2 is 1.82 bits per heavy atom. The second-order valence-electron chi connectivity index (χ2n) is 8.00. The zero-order valence-corrected chi connectivity index (χ0v) is 16.3. The maximum atomic E-state index is 12.8. The number of nitrogens with one attached hydrogen (secondary N) is 1. The lowest BCUT2D eigenvalue weighted by Gasteiger charge is -2.17. The minimum Gasteiger partial charge on any atom is -0.352 e. The summed E-state index contributed by atoms with van der Waals surface area (Å²) in [5.41, 5.74) is 3.99. The third-order valence-electron chi connectivity index (χ3n) is 6.05. The first-order chi connectivity index (χ1) is 13.7. The van der Waals surface area contributed by atoms with E-state index in [4.69, 9.17) is 0 Å². The maximum absolute atomic E-state index is 12.8. The van der Waals surface area contributed by atoms with Crippen LogP contribution >= 0.6 is 0 Å². The molecule has 2 aliphatic rings. The standard InChI is InChI=1S/C24H28N2O2/c27-23(13-11-18-6-4-5-7-18)25-17-19-10-12-22-21(16-19)14-15-26(22)24(28)20-8-2-1-3-9-20/h1-3,8-10,12,16,18H,4-7,11,13-15,17H2,(H,25,27). The summed E-state index contributed by atoms with van der Waals surface area (Å²) in [7, 11) is 0. The molecule has 1 saturated carbocycles. The number of fused-ring (bicyclic) bond motifs is 1. The van der Waals surface area contributed by atoms with Gasteiger partial charge in [-0.15, -0.1) is 0 Å². The Kier molecular flexibility index (Phi) is 5.75. The van der Waals surface area contributed by atoms with Crippen LogP contribution in [0.5, 0.6) is 0 Å². The average molecular weight is 377 g/mol. The molecule has 1 aliphatic carbocycles. The molecular formula is C24H28N2O2. The molecule has 146 valence electrons. The van der Waals surface area contributed by atoms with Crippen LogP contribution in [0, 0.1) is 5.92 Å². The Morgan fingerprint density at radius 3 is 2.61 bits per heavy atom. The molecule has 0 aromatic heterocycles. The monoisotopic (exact) mass is 376 g/mol. The van der Waals surface area contributed by atoms with Crippen molar-refractivity contribution < 1.29 is 9.59 Å². The van der Waals surface area contributed by atoms with Gasteiger partial charge in [-0.1, -0.05) is 56.0 Å². The van der Waals surface area contributed by atoms with Crippen molar-refractivity contribution in [2.45, 2.75) is 51.5 Å². The van der Waals surface area contributed by atoms with E-state index in [2.05, 4.69) is 11.4 Å². The first-order valence-electron chi connectivity index (χ1n) is 10.5. The Hall–Kier alpha value is -2.62. The molecule has 1 fully saturated rings. The van der Waals surface area contributed by atoms with Crippen molar-refractivity contribution in [3.05, 3.63) is 65.2 Å². The van der Waals surface area contributed by atoms with Gasteiger partial charge in [0.2, 0.25) is 5.91 Å². The van der Waals surface area contributed by atoms with Gasteiger partial charge >= 0.3 is 0 Å². The van der Waals surface area contributed by atoms with Crippen molar-refractivity contribution in [1.29, 1.82) is 0 Å². The van der Waals surface area contributed by atoms with Crippen molar-refractivity contribution >= 4 is 17.5 Å². The van der Waals surface area contributed by atoms with Gasteiger partial charge in [0.05, 0.1) is 0 Å². The van der Waals surface area contributed by atoms with Crippen LogP contribution < -0.4 is 10.2 Å². The molecule has 0 atom stereocenters. The molecule has 1 N–H and O–H groups in total. The van der Waals surface area contributed by atoms with E-state index >= 15 is 0 Å². The van der Waals surface area contributed by atoms with E-state index < -0.39 is 0 Å². The van der Waals surface area contributed by atoms with Crippen molar-refractivity contribution in [3.8, 4) is 0 Å². The third kappa shape index (κ3) is 4.27. The van der Waals surface area contributed by atoms with E-state index in [1.165, 1.54) is 31.2 Å². The fourth-order valence-electron chi connectivity index (χ4n) is 4.44. The van der Waals surface area contributed by atoms with Crippen molar-refractivity contribution in [3.63, 3.8) is 0 Å². The van der Waals surface area contributed by atoms with Gasteiger partial charge in [-0.2, -0.15) is 0 Å². The SMILES string of the molecule is O=C(CCC1CCCC1)NCc1ccc2c(c1)CCN2C(=O)c1ccccc1. The third-order valence-corrected chi connectivity index (χ3v) is 6.05. The molecule has 0 unspecified atom stereocenters. The van der Waals surface area contributed by atoms with E-state index in [9.17, 15) is 9.59 Å². The first-order valence-corrected chi connectivity index (χ1v) is 10.5. The molecule has 2 aromatic rings. The molecule has 1 heterocycles. The summed E-state index contributed by atoms with van der Waals surface area (Å²) in [6, 6.07) is 15.6. The fourth-order valence-corrected chi connectivity index (χ4v) is 4.44. The van der Waals surface area contributed by atoms with Crippen LogP contribution in [-0.4, -0.2) is 18.4 Å². The quantitative estimate of drug-likeness (QED) is 0.808. The maximum Gasteiger partial charge on any atom is 0.258 e. The summed E-state index contributed by atoms with van der Waals surface area (Å²) < 4.78 is 0. The van der Waals surface area contributed by atoms with E-state index in [1.54, 1.807) is 0 Å². The number of nitrogens with zero attached hydrogens (tertiary/aromatic N) is 1. The van der Waals surface area contributed by atoms with Crippen molar-refractivity contribution in [2.75, 3.05) is 11.4 Å². The molecule has 1 aliphatic heterocycles. The lowest BCUT2D eigenvalue weighted by Crippen LogP contribution is -2.28. The minimum atomic E-state index is 0.0484. The minimum absolute atomic E-state index is 0.0484. The largest absolute Gasteiger partial charge is 0.352 e. The number of rotatable bonds is 6. The van der Waals surface area contributed by atoms with Crippen LogP contribution in [-0.2, 0) is 17.8 Å². The number of amides is 2. The molecule has 2 amide bonds. The van der Waals surface area contributed by atoms with E-state index in [0.717, 1.165) is 30.0 Å². The first kappa shape index (κ1) is 18.7. The number of hydrogen-bond acceptors (Lipinski definition) is 2. The molecular weight excluding hydrogens is 348 g/mol. The van der Waals surface area contributed by atoms with Crippen LogP contribution in [0.3, 0.4) is 0 Å². The van der Waals surface area contributed by atoms with Crippen LogP contribution in [0.2, 0.25) is 0 Å². The van der Waals surface area contributed by atoms with Gasteiger partial charge < -0.3 is 10.2 Å². The number of benzene rings is 2. The van der Waals surface area contributed by atoms with E-state index in [0.29, 0.717) is 25.1 Å². The smallest absolute Gasteiger partial charge is 0.258 e. The number of hydrogen-bond donors (Lipinski definition) is 1. The van der Waals surface area contributed by atoms with E-state index in [1.807, 2.05) is 47.4 Å². The van der Waals surface area contributed by atoms with Crippen LogP contribution in [0.15, 0.2) is 48.5 Å². The zero-order chi connectivity index (χ0) is 19.3. The van der Waals surface area contributed by atoms with Crippen molar-refractivity contribution in [2.24, 2.45) is 5.92 Å². The number of carbonyl (C=O) groups is 2. The number of anilines is 1. The highest BCUT2D eigenvalue weighted by atomic mass is 16.2. The Labute approximate surface area is 166 Å². The highest BCUT2D eigenvalue weighted by molar-refractivity contribution is 6.07. The summed E-state index contributed by atoms with van der Waals surface area (Å²) in [4.78, 5) is 26.8. The Bertz CT molecular complexity index is 841. The van der Waals surface area contributed by atoms with Gasteiger partial charge in [0.15, 0.2) is 0 Å². The molecule has 4 nitrogen and oxygen atoms in total. The molecule has 0 spiro atoms. The van der Waals surface area contributed by atoms with Gasteiger partial charge in [-0.3, -0.25) is 9.59 Å². The summed E-state index contributed by atoms with van der Waals surface area (Å²) in [5, 5.41) is 3.05. The normalized spacial score (nSPS) is 16.2. The zero-order valence-electron chi connectivity index (χ0n) is 16.3. The lowest BCUT2D eigenvalue weighted by molar-refractivity contribution is -0.121. The highest BCUT2D eigenvalue weighted by Crippen LogP contribution is 2.30. The second kappa shape index (κ2) is 8.59. The van der Waals surface area contributed by atoms with Crippen LogP contribution in [0.4, 0.5) is 5.69 Å². The molecule has 28 heavy (non-hydrogen) atoms. The molecule has 0 saturated heterocycles. The van der Waals surface area contributed by atoms with Gasteiger partial charge in [0.1, 0.15) is 0 Å². The molecule has 4 rings (SSSR count). The molecule has 0 radical (unpaired) electrons. The summed E-state index contributed by atoms with van der Waals surface area (Å²) in [6.07, 6.45) is 7.74. The summed E-state index contributed by atoms with van der Waals surface area (Å²) in [6.45, 7) is 1.27. The average Bonchev–Trinajstić information content (AvgIpc) is 3.40. The summed E-state index contributed by atoms with van der Waals surface area (Å²) >= 11 is 0. The predicted molar refractivity (Wildman–Crippen MR) is 111 cm³/mol. The van der Waals surface area contributed by atoms with Crippen LogP contribution in [0.25, 0.3) is 0 Å². The lowest BCUT2D eigenvalue weighted by atomic mass is 10.0. The van der Waals surface area contributed by atoms with E-state index in [-0.39, 0.29) is 11.8 Å². The molecule has 0 bridgehead atoms. The molecule has 2 aromatic carbocycles. The van der Waals surface area contributed by atoms with Gasteiger partial charge in [0.25, 0.3) is 5.91 Å². The Balaban J connectivity index is 1.33. The van der Waals surface area contributed by atoms with Crippen molar-refractivity contribution in [1.82, 2.24) is 5.32 Å². The second-order valence-corrected chi connectivity index (χ2v) is 8.00. The van der Waals surface area contributed by atoms with Gasteiger partial charge in [0, 0.05) is 30.8 Å². The van der Waals surface area contributed by atoms with Crippen LogP contribution in [0.1, 0.15) is 60.0 Å². The molecule has 4 heteroatoms. The van der Waals surface area contributed by atoms with Gasteiger partial charge in [-0.05, 0) is 48.1 Å². The topological polar surface area (TPSA) is 49.4 Å². The fraction of sp³-hybridized carbons (Fsp3) is 0.417. The highest BCUT2D eigenvalue weighted by Gasteiger charge is 2.25. The Morgan fingerprint density at radius 1 is 1.04 bits per heavy atom. The predicted octanol–water partition coefficient (Wildman–Crippen LogP) is 4.48.